The summed E-state index contributed by atoms with van der Waals surface area (Å²) in [5.41, 5.74) is 1.90. The third-order valence-corrected chi connectivity index (χ3v) is 5.80. The summed E-state index contributed by atoms with van der Waals surface area (Å²) in [6.07, 6.45) is 2.77. The van der Waals surface area contributed by atoms with Gasteiger partial charge in [0, 0.05) is 18.5 Å². The van der Waals surface area contributed by atoms with Crippen LogP contribution in [0.4, 0.5) is 4.79 Å². The van der Waals surface area contributed by atoms with Crippen LogP contribution in [0.2, 0.25) is 0 Å². The Hall–Kier alpha value is -2.12. The molecule has 2 aliphatic rings. The molecule has 7 heteroatoms. The van der Waals surface area contributed by atoms with Crippen molar-refractivity contribution in [2.45, 2.75) is 78.1 Å². The van der Waals surface area contributed by atoms with Crippen molar-refractivity contribution >= 4 is 25.1 Å². The van der Waals surface area contributed by atoms with Crippen LogP contribution in [0.15, 0.2) is 23.7 Å². The third kappa shape index (κ3) is 4.95. The van der Waals surface area contributed by atoms with Crippen LogP contribution in [0.1, 0.15) is 76.4 Å². The lowest BCUT2D eigenvalue weighted by Crippen LogP contribution is -2.41. The summed E-state index contributed by atoms with van der Waals surface area (Å²) in [7, 11) is -0.617. The molecule has 30 heavy (non-hydrogen) atoms. The normalized spacial score (nSPS) is 20.3. The first-order chi connectivity index (χ1) is 13.8. The van der Waals surface area contributed by atoms with E-state index in [-0.39, 0.29) is 12.3 Å². The third-order valence-electron chi connectivity index (χ3n) is 5.80. The summed E-state index contributed by atoms with van der Waals surface area (Å²) in [6.45, 7) is 13.6. The second-order valence-corrected chi connectivity index (χ2v) is 10.0. The lowest BCUT2D eigenvalue weighted by molar-refractivity contribution is 0.00578. The van der Waals surface area contributed by atoms with E-state index >= 15 is 0 Å². The summed E-state index contributed by atoms with van der Waals surface area (Å²) >= 11 is 0. The number of hydrogen-bond donors (Lipinski definition) is 1. The number of rotatable bonds is 4. The van der Waals surface area contributed by atoms with Gasteiger partial charge in [0.1, 0.15) is 5.60 Å². The molecule has 0 bridgehead atoms. The van der Waals surface area contributed by atoms with Crippen molar-refractivity contribution in [3.8, 4) is 0 Å². The fourth-order valence-corrected chi connectivity index (χ4v) is 3.44. The number of carbonyl (C=O) groups is 2. The predicted molar refractivity (Wildman–Crippen MR) is 117 cm³/mol. The van der Waals surface area contributed by atoms with Gasteiger partial charge in [-0.15, -0.1) is 0 Å². The van der Waals surface area contributed by atoms with Crippen LogP contribution < -0.4 is 5.32 Å². The lowest BCUT2D eigenvalue weighted by Gasteiger charge is -2.32. The van der Waals surface area contributed by atoms with Gasteiger partial charge < -0.3 is 19.4 Å². The minimum absolute atomic E-state index is 0.171. The zero-order valence-electron chi connectivity index (χ0n) is 19.0. The molecule has 0 aromatic heterocycles. The topological polar surface area (TPSA) is 73.9 Å². The maximum absolute atomic E-state index is 12.2. The van der Waals surface area contributed by atoms with E-state index in [0.29, 0.717) is 6.42 Å². The minimum Gasteiger partial charge on any atom is -0.444 e. The second kappa shape index (κ2) is 7.86. The smallest absolute Gasteiger partial charge is 0.444 e. The van der Waals surface area contributed by atoms with Crippen LogP contribution in [0, 0.1) is 0 Å². The molecule has 1 N–H and O–H groups in total. The van der Waals surface area contributed by atoms with Crippen LogP contribution in [0.5, 0.6) is 0 Å². The quantitative estimate of drug-likeness (QED) is 0.743. The molecule has 1 amide bonds. The number of ether oxygens (including phenoxy) is 1. The lowest BCUT2D eigenvalue weighted by atomic mass is 9.77. The first-order valence-corrected chi connectivity index (χ1v) is 10.5. The van der Waals surface area contributed by atoms with Crippen molar-refractivity contribution < 1.29 is 23.6 Å². The van der Waals surface area contributed by atoms with Gasteiger partial charge in [0.15, 0.2) is 5.78 Å². The average molecular weight is 413 g/mol. The maximum Gasteiger partial charge on any atom is 0.492 e. The largest absolute Gasteiger partial charge is 0.492 e. The van der Waals surface area contributed by atoms with Gasteiger partial charge >= 0.3 is 13.2 Å². The Morgan fingerprint density at radius 3 is 2.40 bits per heavy atom. The molecule has 3 rings (SSSR count). The molecule has 0 saturated carbocycles. The molecular weight excluding hydrogens is 381 g/mol. The van der Waals surface area contributed by atoms with Crippen LogP contribution in [-0.2, 0) is 20.5 Å². The summed E-state index contributed by atoms with van der Waals surface area (Å²) in [4.78, 5) is 24.3. The van der Waals surface area contributed by atoms with Crippen molar-refractivity contribution in [2.24, 2.45) is 0 Å². The zero-order chi connectivity index (χ0) is 22.3. The minimum atomic E-state index is -0.617. The van der Waals surface area contributed by atoms with Crippen molar-refractivity contribution in [2.75, 3.05) is 6.54 Å². The van der Waals surface area contributed by atoms with Gasteiger partial charge in [0.2, 0.25) is 0 Å². The molecule has 0 unspecified atom stereocenters. The number of nitrogens with one attached hydrogen (secondary N) is 1. The number of alkyl carbamates (subject to hydrolysis) is 1. The van der Waals surface area contributed by atoms with Gasteiger partial charge in [-0.25, -0.2) is 4.79 Å². The number of hydrogen-bond acceptors (Lipinski definition) is 5. The van der Waals surface area contributed by atoms with Crippen molar-refractivity contribution in [1.82, 2.24) is 5.32 Å². The van der Waals surface area contributed by atoms with Crippen LogP contribution in [0.3, 0.4) is 0 Å². The van der Waals surface area contributed by atoms with Crippen LogP contribution in [-0.4, -0.2) is 42.3 Å². The SMILES string of the molecule is CC(C)(C)OC(=O)NCC(=Cc1ccc2c(c1)C(=O)CC2)B1OC(C)(C)C(C)(C)O1. The summed E-state index contributed by atoms with van der Waals surface area (Å²) in [5.74, 6) is 0.171. The van der Waals surface area contributed by atoms with E-state index in [1.807, 2.05) is 72.7 Å². The highest BCUT2D eigenvalue weighted by Crippen LogP contribution is 2.39. The summed E-state index contributed by atoms with van der Waals surface area (Å²) in [6, 6.07) is 5.88. The molecule has 0 atom stereocenters. The number of fused-ring (bicyclic) bond motifs is 1. The van der Waals surface area contributed by atoms with E-state index in [4.69, 9.17) is 14.0 Å². The molecule has 162 valence electrons. The van der Waals surface area contributed by atoms with Gasteiger partial charge in [0.25, 0.3) is 0 Å². The first-order valence-electron chi connectivity index (χ1n) is 10.5. The van der Waals surface area contributed by atoms with Gasteiger partial charge in [-0.05, 0) is 77.6 Å². The number of ketones is 1. The van der Waals surface area contributed by atoms with E-state index in [2.05, 4.69) is 5.32 Å². The number of carbonyl (C=O) groups excluding carboxylic acids is 2. The fraction of sp³-hybridized carbons (Fsp3) is 0.565. The Kier molecular flexibility index (Phi) is 5.91. The number of amides is 1. The van der Waals surface area contributed by atoms with Gasteiger partial charge in [0.05, 0.1) is 11.2 Å². The highest BCUT2D eigenvalue weighted by atomic mass is 16.7. The molecule has 1 aromatic rings. The van der Waals surface area contributed by atoms with Crippen molar-refractivity contribution in [3.05, 3.63) is 40.4 Å². The molecular formula is C23H32BNO5. The number of aryl methyl sites for hydroxylation is 1. The van der Waals surface area contributed by atoms with Gasteiger partial charge in [-0.2, -0.15) is 0 Å². The molecule has 1 aliphatic heterocycles. The maximum atomic E-state index is 12.2. The predicted octanol–water partition coefficient (Wildman–Crippen LogP) is 4.36. The van der Waals surface area contributed by atoms with Crippen molar-refractivity contribution in [3.63, 3.8) is 0 Å². The monoisotopic (exact) mass is 413 g/mol. The molecule has 1 saturated heterocycles. The Labute approximate surface area is 179 Å². The van der Waals surface area contributed by atoms with Crippen LogP contribution >= 0.6 is 0 Å². The Bertz CT molecular complexity index is 866. The highest BCUT2D eigenvalue weighted by molar-refractivity contribution is 6.56. The summed E-state index contributed by atoms with van der Waals surface area (Å²) < 4.78 is 17.7. The number of benzene rings is 1. The van der Waals surface area contributed by atoms with E-state index in [9.17, 15) is 9.59 Å². The molecule has 0 radical (unpaired) electrons. The van der Waals surface area contributed by atoms with Gasteiger partial charge in [-0.3, -0.25) is 4.79 Å². The second-order valence-electron chi connectivity index (χ2n) is 10.0. The van der Waals surface area contributed by atoms with E-state index in [0.717, 1.165) is 28.6 Å². The molecule has 1 aromatic carbocycles. The Balaban J connectivity index is 1.86. The Morgan fingerprint density at radius 2 is 1.80 bits per heavy atom. The number of Topliss-reactive ketones (excluding diaryl/α,β-unsaturated/α-hetero) is 1. The van der Waals surface area contributed by atoms with Crippen LogP contribution in [0.25, 0.3) is 6.08 Å². The van der Waals surface area contributed by atoms with Gasteiger partial charge in [-0.1, -0.05) is 18.2 Å². The zero-order valence-corrected chi connectivity index (χ0v) is 19.0. The fourth-order valence-electron chi connectivity index (χ4n) is 3.44. The summed E-state index contributed by atoms with van der Waals surface area (Å²) in [5, 5.41) is 2.80. The van der Waals surface area contributed by atoms with E-state index < -0.39 is 30.0 Å². The van der Waals surface area contributed by atoms with E-state index in [1.54, 1.807) is 0 Å². The standard InChI is InChI=1S/C23H32BNO5/c1-21(2,3)28-20(27)25-14-17(24-29-22(4,5)23(6,7)30-24)12-15-8-9-16-10-11-19(26)18(16)13-15/h8-9,12-13H,10-11,14H2,1-7H3,(H,25,27). The highest BCUT2D eigenvalue weighted by Gasteiger charge is 2.52. The first kappa shape index (κ1) is 22.6. The molecule has 1 fully saturated rings. The molecule has 1 aliphatic carbocycles. The van der Waals surface area contributed by atoms with Crippen molar-refractivity contribution in [1.29, 1.82) is 0 Å². The Morgan fingerprint density at radius 1 is 1.17 bits per heavy atom. The average Bonchev–Trinajstić information content (AvgIpc) is 3.06. The van der Waals surface area contributed by atoms with E-state index in [1.165, 1.54) is 0 Å². The molecule has 6 nitrogen and oxygen atoms in total. The molecule has 1 heterocycles. The molecule has 0 spiro atoms.